The molecule has 2 aromatic rings. The lowest BCUT2D eigenvalue weighted by atomic mass is 10.2. The predicted molar refractivity (Wildman–Crippen MR) is 67.0 cm³/mol. The Kier molecular flexibility index (Phi) is 3.52. The van der Waals surface area contributed by atoms with Crippen molar-refractivity contribution in [1.82, 2.24) is 14.8 Å². The lowest BCUT2D eigenvalue weighted by Crippen LogP contribution is -2.05. The number of nitro benzene ring substituents is 2. The number of nitro groups is 2. The maximum atomic E-state index is 11.5. The number of rotatable bonds is 4. The van der Waals surface area contributed by atoms with Crippen LogP contribution in [0, 0.1) is 20.2 Å². The summed E-state index contributed by atoms with van der Waals surface area (Å²) in [6.45, 7) is 0. The molecule has 1 atom stereocenters. The Bertz CT molecular complexity index is 727. The average molecular weight is 297 g/mol. The van der Waals surface area contributed by atoms with E-state index in [1.54, 1.807) is 0 Å². The van der Waals surface area contributed by atoms with Crippen molar-refractivity contribution < 1.29 is 14.1 Å². The topological polar surface area (TPSA) is 134 Å². The second-order valence-corrected chi connectivity index (χ2v) is 4.90. The minimum absolute atomic E-state index is 0.0100. The Labute approximate surface area is 113 Å². The van der Waals surface area contributed by atoms with Crippen LogP contribution < -0.4 is 0 Å². The average Bonchev–Trinajstić information content (AvgIpc) is 2.86. The fourth-order valence-electron chi connectivity index (χ4n) is 1.56. The molecule has 0 aliphatic rings. The molecule has 2 rings (SSSR count). The molecule has 0 spiro atoms. The van der Waals surface area contributed by atoms with Crippen molar-refractivity contribution in [3.8, 4) is 5.69 Å². The lowest BCUT2D eigenvalue weighted by Gasteiger charge is -2.05. The molecule has 10 nitrogen and oxygen atoms in total. The molecule has 11 heteroatoms. The summed E-state index contributed by atoms with van der Waals surface area (Å²) in [6, 6.07) is 3.14. The van der Waals surface area contributed by atoms with Gasteiger partial charge in [0.15, 0.2) is 0 Å². The minimum Gasteiger partial charge on any atom is -0.268 e. The molecule has 0 amide bonds. The molecular weight excluding hydrogens is 290 g/mol. The molecule has 0 aliphatic heterocycles. The van der Waals surface area contributed by atoms with Gasteiger partial charge in [-0.15, -0.1) is 10.2 Å². The van der Waals surface area contributed by atoms with E-state index in [0.717, 1.165) is 23.0 Å². The zero-order valence-corrected chi connectivity index (χ0v) is 10.8. The van der Waals surface area contributed by atoms with Crippen molar-refractivity contribution in [1.29, 1.82) is 0 Å². The van der Waals surface area contributed by atoms with Gasteiger partial charge < -0.3 is 0 Å². The number of benzene rings is 1. The molecule has 1 unspecified atom stereocenters. The van der Waals surface area contributed by atoms with E-state index in [0.29, 0.717) is 0 Å². The van der Waals surface area contributed by atoms with Crippen molar-refractivity contribution in [2.75, 3.05) is 6.26 Å². The smallest absolute Gasteiger partial charge is 0.268 e. The molecule has 1 heterocycles. The van der Waals surface area contributed by atoms with Gasteiger partial charge in [-0.25, -0.2) is 0 Å². The number of hydrogen-bond acceptors (Lipinski definition) is 7. The van der Waals surface area contributed by atoms with E-state index in [1.807, 2.05) is 0 Å². The van der Waals surface area contributed by atoms with Crippen molar-refractivity contribution >= 4 is 22.2 Å². The standard InChI is InChI=1S/C9H7N5O5S/c1-20(19)9-11-10-5-12(9)7-3-2-6(13(15)16)4-8(7)14(17)18/h2-5H,1H3. The van der Waals surface area contributed by atoms with Gasteiger partial charge in [0.2, 0.25) is 5.16 Å². The summed E-state index contributed by atoms with van der Waals surface area (Å²) in [5.74, 6) is 0. The quantitative estimate of drug-likeness (QED) is 0.602. The van der Waals surface area contributed by atoms with Crippen LogP contribution in [0.3, 0.4) is 0 Å². The molecule has 0 bridgehead atoms. The van der Waals surface area contributed by atoms with Crippen LogP contribution in [0.1, 0.15) is 0 Å². The summed E-state index contributed by atoms with van der Waals surface area (Å²) < 4.78 is 12.6. The monoisotopic (exact) mass is 297 g/mol. The van der Waals surface area contributed by atoms with Gasteiger partial charge in [0.25, 0.3) is 11.4 Å². The summed E-state index contributed by atoms with van der Waals surface area (Å²) in [5.41, 5.74) is -0.894. The third-order valence-electron chi connectivity index (χ3n) is 2.40. The van der Waals surface area contributed by atoms with E-state index < -0.39 is 32.0 Å². The molecule has 1 aromatic heterocycles. The van der Waals surface area contributed by atoms with Crippen LogP contribution in [-0.4, -0.2) is 35.1 Å². The predicted octanol–water partition coefficient (Wildman–Crippen LogP) is 0.821. The highest BCUT2D eigenvalue weighted by molar-refractivity contribution is 7.84. The third-order valence-corrected chi connectivity index (χ3v) is 3.19. The van der Waals surface area contributed by atoms with Crippen molar-refractivity contribution in [3.05, 3.63) is 44.8 Å². The van der Waals surface area contributed by atoms with E-state index in [-0.39, 0.29) is 10.8 Å². The second-order valence-electron chi connectivity index (χ2n) is 3.62. The zero-order valence-electron chi connectivity index (χ0n) is 9.99. The molecule has 0 saturated heterocycles. The van der Waals surface area contributed by atoms with Gasteiger partial charge in [-0.3, -0.25) is 29.0 Å². The molecule has 0 fully saturated rings. The SMILES string of the molecule is CS(=O)c1nncn1-c1ccc([N+](=O)[O-])cc1[N+](=O)[O-]. The Morgan fingerprint density at radius 1 is 1.25 bits per heavy atom. The van der Waals surface area contributed by atoms with Crippen LogP contribution in [-0.2, 0) is 10.8 Å². The Morgan fingerprint density at radius 2 is 1.95 bits per heavy atom. The highest BCUT2D eigenvalue weighted by Gasteiger charge is 2.23. The number of nitrogens with zero attached hydrogens (tertiary/aromatic N) is 5. The highest BCUT2D eigenvalue weighted by Crippen LogP contribution is 2.28. The minimum atomic E-state index is -1.51. The summed E-state index contributed by atoms with van der Waals surface area (Å²) in [6.07, 6.45) is 2.50. The molecular formula is C9H7N5O5S. The number of aromatic nitrogens is 3. The number of hydrogen-bond donors (Lipinski definition) is 0. The summed E-state index contributed by atoms with van der Waals surface area (Å²) >= 11 is 0. The molecule has 0 N–H and O–H groups in total. The Morgan fingerprint density at radius 3 is 2.50 bits per heavy atom. The normalized spacial score (nSPS) is 12.1. The second kappa shape index (κ2) is 5.13. The summed E-state index contributed by atoms with van der Waals surface area (Å²) in [4.78, 5) is 20.2. The molecule has 20 heavy (non-hydrogen) atoms. The third kappa shape index (κ3) is 2.38. The van der Waals surface area contributed by atoms with E-state index >= 15 is 0 Å². The molecule has 0 radical (unpaired) electrons. The molecule has 1 aromatic carbocycles. The Hall–Kier alpha value is -2.69. The van der Waals surface area contributed by atoms with E-state index in [2.05, 4.69) is 10.2 Å². The first-order chi connectivity index (χ1) is 9.41. The Balaban J connectivity index is 2.68. The van der Waals surface area contributed by atoms with Crippen LogP contribution in [0.15, 0.2) is 29.7 Å². The van der Waals surface area contributed by atoms with Crippen LogP contribution >= 0.6 is 0 Å². The zero-order chi connectivity index (χ0) is 14.9. The molecule has 104 valence electrons. The molecule has 0 saturated carbocycles. The van der Waals surface area contributed by atoms with Gasteiger partial charge in [0.05, 0.1) is 26.7 Å². The highest BCUT2D eigenvalue weighted by atomic mass is 32.2. The van der Waals surface area contributed by atoms with Crippen LogP contribution in [0.25, 0.3) is 5.69 Å². The summed E-state index contributed by atoms with van der Waals surface area (Å²) in [5, 5.41) is 28.8. The fourth-order valence-corrected chi connectivity index (χ4v) is 2.15. The largest absolute Gasteiger partial charge is 0.300 e. The summed E-state index contributed by atoms with van der Waals surface area (Å²) in [7, 11) is -1.51. The van der Waals surface area contributed by atoms with Crippen molar-refractivity contribution in [3.63, 3.8) is 0 Å². The van der Waals surface area contributed by atoms with Crippen molar-refractivity contribution in [2.24, 2.45) is 0 Å². The van der Waals surface area contributed by atoms with Gasteiger partial charge >= 0.3 is 0 Å². The first kappa shape index (κ1) is 13.7. The lowest BCUT2D eigenvalue weighted by molar-refractivity contribution is -0.394. The van der Waals surface area contributed by atoms with E-state index in [9.17, 15) is 24.4 Å². The van der Waals surface area contributed by atoms with E-state index in [1.165, 1.54) is 12.3 Å². The maximum absolute atomic E-state index is 11.5. The van der Waals surface area contributed by atoms with Gasteiger partial charge in [0.1, 0.15) is 12.0 Å². The van der Waals surface area contributed by atoms with Gasteiger partial charge in [-0.05, 0) is 6.07 Å². The molecule has 0 aliphatic carbocycles. The first-order valence-corrected chi connectivity index (χ1v) is 6.64. The number of non-ortho nitro benzene ring substituents is 1. The van der Waals surface area contributed by atoms with Gasteiger partial charge in [0, 0.05) is 12.3 Å². The fraction of sp³-hybridized carbons (Fsp3) is 0.111. The van der Waals surface area contributed by atoms with Crippen LogP contribution in [0.2, 0.25) is 0 Å². The van der Waals surface area contributed by atoms with Gasteiger partial charge in [-0.2, -0.15) is 0 Å². The maximum Gasteiger partial charge on any atom is 0.300 e. The van der Waals surface area contributed by atoms with Crippen LogP contribution in [0.5, 0.6) is 0 Å². The van der Waals surface area contributed by atoms with E-state index in [4.69, 9.17) is 0 Å². The van der Waals surface area contributed by atoms with Gasteiger partial charge in [-0.1, -0.05) is 0 Å². The van der Waals surface area contributed by atoms with Crippen molar-refractivity contribution in [2.45, 2.75) is 5.16 Å². The first-order valence-electron chi connectivity index (χ1n) is 5.08. The van der Waals surface area contributed by atoms with Crippen LogP contribution in [0.4, 0.5) is 11.4 Å².